The SMILES string of the molecule is COc1cc(N)c(Cl)cc1C(=O)N(C)CCCOc1ccccc1.Cl. The minimum absolute atomic E-state index is 0. The Kier molecular flexibility index (Phi) is 8.38. The topological polar surface area (TPSA) is 64.8 Å². The maximum atomic E-state index is 12.6. The van der Waals surface area contributed by atoms with Crippen molar-refractivity contribution in [3.63, 3.8) is 0 Å². The molecule has 1 amide bonds. The third kappa shape index (κ3) is 5.73. The molecule has 0 saturated carbocycles. The Morgan fingerprint density at radius 3 is 2.56 bits per heavy atom. The fourth-order valence-electron chi connectivity index (χ4n) is 2.22. The van der Waals surface area contributed by atoms with Crippen molar-refractivity contribution in [1.82, 2.24) is 4.90 Å². The monoisotopic (exact) mass is 384 g/mol. The number of halogens is 2. The lowest BCUT2D eigenvalue weighted by Gasteiger charge is -2.19. The first-order valence-corrected chi connectivity index (χ1v) is 7.97. The molecule has 0 aliphatic heterocycles. The van der Waals surface area contributed by atoms with Gasteiger partial charge >= 0.3 is 0 Å². The van der Waals surface area contributed by atoms with Gasteiger partial charge in [0.25, 0.3) is 5.91 Å². The van der Waals surface area contributed by atoms with Crippen LogP contribution in [0.1, 0.15) is 16.8 Å². The molecule has 2 aromatic carbocycles. The third-order valence-electron chi connectivity index (χ3n) is 3.55. The first-order chi connectivity index (χ1) is 11.5. The molecule has 0 heterocycles. The van der Waals surface area contributed by atoms with Crippen molar-refractivity contribution < 1.29 is 14.3 Å². The maximum absolute atomic E-state index is 12.6. The van der Waals surface area contributed by atoms with Crippen LogP contribution in [0.2, 0.25) is 5.02 Å². The van der Waals surface area contributed by atoms with E-state index in [0.717, 1.165) is 5.75 Å². The lowest BCUT2D eigenvalue weighted by atomic mass is 10.1. The minimum Gasteiger partial charge on any atom is -0.496 e. The minimum atomic E-state index is -0.173. The number of anilines is 1. The Morgan fingerprint density at radius 1 is 1.24 bits per heavy atom. The summed E-state index contributed by atoms with van der Waals surface area (Å²) in [5.74, 6) is 1.06. The Hall–Kier alpha value is -2.11. The van der Waals surface area contributed by atoms with Gasteiger partial charge in [-0.3, -0.25) is 4.79 Å². The average molecular weight is 385 g/mol. The van der Waals surface area contributed by atoms with Crippen LogP contribution in [0.3, 0.4) is 0 Å². The molecule has 2 aromatic rings. The number of ether oxygens (including phenoxy) is 2. The number of nitrogen functional groups attached to an aromatic ring is 1. The van der Waals surface area contributed by atoms with Gasteiger partial charge in [-0.25, -0.2) is 0 Å². The Labute approximate surface area is 159 Å². The van der Waals surface area contributed by atoms with Gasteiger partial charge in [-0.15, -0.1) is 12.4 Å². The van der Waals surface area contributed by atoms with Gasteiger partial charge in [0.1, 0.15) is 11.5 Å². The second kappa shape index (κ2) is 10.0. The van der Waals surface area contributed by atoms with Gasteiger partial charge in [-0.2, -0.15) is 0 Å². The van der Waals surface area contributed by atoms with Gasteiger partial charge in [-0.05, 0) is 24.6 Å². The molecule has 0 radical (unpaired) electrons. The van der Waals surface area contributed by atoms with E-state index in [9.17, 15) is 4.79 Å². The van der Waals surface area contributed by atoms with Crippen LogP contribution in [-0.4, -0.2) is 38.1 Å². The number of carbonyl (C=O) groups is 1. The average Bonchev–Trinajstić information content (AvgIpc) is 2.60. The molecule has 0 aliphatic rings. The second-order valence-corrected chi connectivity index (χ2v) is 5.72. The molecule has 2 rings (SSSR count). The molecule has 0 spiro atoms. The number of amides is 1. The molecule has 0 fully saturated rings. The molecule has 0 aliphatic carbocycles. The van der Waals surface area contributed by atoms with Gasteiger partial charge in [0.2, 0.25) is 0 Å². The third-order valence-corrected chi connectivity index (χ3v) is 3.87. The first kappa shape index (κ1) is 20.9. The van der Waals surface area contributed by atoms with Crippen LogP contribution in [-0.2, 0) is 0 Å². The normalized spacial score (nSPS) is 9.88. The van der Waals surface area contributed by atoms with E-state index in [1.807, 2.05) is 30.3 Å². The van der Waals surface area contributed by atoms with Crippen LogP contribution in [0.4, 0.5) is 5.69 Å². The van der Waals surface area contributed by atoms with E-state index in [0.29, 0.717) is 41.6 Å². The van der Waals surface area contributed by atoms with Crippen LogP contribution in [0.5, 0.6) is 11.5 Å². The number of benzene rings is 2. The Balaban J connectivity index is 0.00000312. The number of hydrogen-bond acceptors (Lipinski definition) is 4. The number of carbonyl (C=O) groups excluding carboxylic acids is 1. The van der Waals surface area contributed by atoms with Gasteiger partial charge in [-0.1, -0.05) is 29.8 Å². The lowest BCUT2D eigenvalue weighted by molar-refractivity contribution is 0.0784. The number of methoxy groups -OCH3 is 1. The van der Waals surface area contributed by atoms with Crippen LogP contribution in [0.15, 0.2) is 42.5 Å². The number of rotatable bonds is 7. The standard InChI is InChI=1S/C18H21ClN2O3.ClH/c1-21(9-6-10-24-13-7-4-3-5-8-13)18(22)14-11-15(19)16(20)12-17(14)23-2;/h3-5,7-8,11-12H,6,9-10,20H2,1-2H3;1H. The van der Waals surface area contributed by atoms with Gasteiger partial charge < -0.3 is 20.1 Å². The molecule has 0 aromatic heterocycles. The summed E-state index contributed by atoms with van der Waals surface area (Å²) in [7, 11) is 3.22. The van der Waals surface area contributed by atoms with Crippen LogP contribution >= 0.6 is 24.0 Å². The maximum Gasteiger partial charge on any atom is 0.257 e. The summed E-state index contributed by atoms with van der Waals surface area (Å²) in [6.07, 6.45) is 0.710. The smallest absolute Gasteiger partial charge is 0.257 e. The molecule has 136 valence electrons. The highest BCUT2D eigenvalue weighted by Crippen LogP contribution is 2.29. The molecule has 7 heteroatoms. The lowest BCUT2D eigenvalue weighted by Crippen LogP contribution is -2.29. The summed E-state index contributed by atoms with van der Waals surface area (Å²) in [5.41, 5.74) is 6.51. The van der Waals surface area contributed by atoms with Crippen molar-refractivity contribution in [2.45, 2.75) is 6.42 Å². The van der Waals surface area contributed by atoms with Crippen molar-refractivity contribution >= 4 is 35.6 Å². The molecule has 0 saturated heterocycles. The van der Waals surface area contributed by atoms with Crippen molar-refractivity contribution in [2.75, 3.05) is 33.0 Å². The molecule has 5 nitrogen and oxygen atoms in total. The molecule has 0 unspecified atom stereocenters. The van der Waals surface area contributed by atoms with Crippen LogP contribution in [0, 0.1) is 0 Å². The van der Waals surface area contributed by atoms with E-state index in [1.54, 1.807) is 18.0 Å². The van der Waals surface area contributed by atoms with Crippen LogP contribution < -0.4 is 15.2 Å². The fraction of sp³-hybridized carbons (Fsp3) is 0.278. The summed E-state index contributed by atoms with van der Waals surface area (Å²) in [6.45, 7) is 1.08. The quantitative estimate of drug-likeness (QED) is 0.580. The fourth-order valence-corrected chi connectivity index (χ4v) is 2.38. The summed E-state index contributed by atoms with van der Waals surface area (Å²) in [4.78, 5) is 14.2. The summed E-state index contributed by atoms with van der Waals surface area (Å²) >= 11 is 6.01. The van der Waals surface area contributed by atoms with Crippen molar-refractivity contribution in [2.24, 2.45) is 0 Å². The highest BCUT2D eigenvalue weighted by molar-refractivity contribution is 6.33. The molecule has 0 atom stereocenters. The Morgan fingerprint density at radius 2 is 1.92 bits per heavy atom. The summed E-state index contributed by atoms with van der Waals surface area (Å²) < 4.78 is 10.8. The Bertz CT molecular complexity index is 696. The summed E-state index contributed by atoms with van der Waals surface area (Å²) in [5, 5.41) is 0.333. The zero-order valence-electron chi connectivity index (χ0n) is 14.2. The molecule has 0 bridgehead atoms. The van der Waals surface area contributed by atoms with Gasteiger partial charge in [0, 0.05) is 19.7 Å². The zero-order valence-corrected chi connectivity index (χ0v) is 15.8. The largest absolute Gasteiger partial charge is 0.496 e. The number of para-hydroxylation sites is 1. The first-order valence-electron chi connectivity index (χ1n) is 7.59. The predicted octanol–water partition coefficient (Wildman–Crippen LogP) is 3.89. The molecular weight excluding hydrogens is 363 g/mol. The van der Waals surface area contributed by atoms with E-state index in [-0.39, 0.29) is 18.3 Å². The van der Waals surface area contributed by atoms with E-state index in [4.69, 9.17) is 26.8 Å². The van der Waals surface area contributed by atoms with Gasteiger partial charge in [0.05, 0.1) is 30.0 Å². The second-order valence-electron chi connectivity index (χ2n) is 5.32. The molecular formula is C18H22Cl2N2O3. The van der Waals surface area contributed by atoms with Crippen LogP contribution in [0.25, 0.3) is 0 Å². The summed E-state index contributed by atoms with van der Waals surface area (Å²) in [6, 6.07) is 12.7. The van der Waals surface area contributed by atoms with E-state index in [1.165, 1.54) is 13.2 Å². The highest BCUT2D eigenvalue weighted by Gasteiger charge is 2.18. The number of nitrogens with zero attached hydrogens (tertiary/aromatic N) is 1. The van der Waals surface area contributed by atoms with Gasteiger partial charge in [0.15, 0.2) is 0 Å². The number of nitrogens with two attached hydrogens (primary N) is 1. The molecule has 2 N–H and O–H groups in total. The van der Waals surface area contributed by atoms with E-state index in [2.05, 4.69) is 0 Å². The number of hydrogen-bond donors (Lipinski definition) is 1. The van der Waals surface area contributed by atoms with E-state index >= 15 is 0 Å². The van der Waals surface area contributed by atoms with Crippen molar-refractivity contribution in [1.29, 1.82) is 0 Å². The predicted molar refractivity (Wildman–Crippen MR) is 103 cm³/mol. The van der Waals surface area contributed by atoms with Crippen molar-refractivity contribution in [3.8, 4) is 11.5 Å². The van der Waals surface area contributed by atoms with Crippen molar-refractivity contribution in [3.05, 3.63) is 53.1 Å². The van der Waals surface area contributed by atoms with E-state index < -0.39 is 0 Å². The zero-order chi connectivity index (χ0) is 17.5. The highest BCUT2D eigenvalue weighted by atomic mass is 35.5. The molecule has 25 heavy (non-hydrogen) atoms.